The van der Waals surface area contributed by atoms with Gasteiger partial charge in [-0.3, -0.25) is 9.59 Å². The largest absolute Gasteiger partial charge is 0.466 e. The Balaban J connectivity index is 3.54. The van der Waals surface area contributed by atoms with Crippen LogP contribution in [0.25, 0.3) is 0 Å². The molecule has 2 atom stereocenters. The Morgan fingerprint density at radius 1 is 0.474 bits per heavy atom. The molecule has 0 aliphatic heterocycles. The molecule has 0 aromatic rings. The summed E-state index contributed by atoms with van der Waals surface area (Å²) in [6.45, 7) is 4.85. The minimum Gasteiger partial charge on any atom is -0.466 e. The summed E-state index contributed by atoms with van der Waals surface area (Å²) in [6.07, 6.45) is 54.6. The van der Waals surface area contributed by atoms with Crippen LogP contribution >= 0.6 is 0 Å². The molecule has 336 valence electrons. The Morgan fingerprint density at radius 3 is 1.26 bits per heavy atom. The van der Waals surface area contributed by atoms with Crippen LogP contribution in [0.15, 0.2) is 24.3 Å². The highest BCUT2D eigenvalue weighted by atomic mass is 16.5. The van der Waals surface area contributed by atoms with Gasteiger partial charge < -0.3 is 20.3 Å². The first-order chi connectivity index (χ1) is 28.0. The van der Waals surface area contributed by atoms with E-state index in [4.69, 9.17) is 4.74 Å². The second-order valence-corrected chi connectivity index (χ2v) is 17.1. The summed E-state index contributed by atoms with van der Waals surface area (Å²) in [4.78, 5) is 24.4. The predicted molar refractivity (Wildman–Crippen MR) is 246 cm³/mol. The molecule has 0 aliphatic rings. The second-order valence-electron chi connectivity index (χ2n) is 17.1. The Bertz CT molecular complexity index is 889. The standard InChI is InChI=1S/C51H97NO5/c1-3-5-7-9-11-13-15-17-18-20-23-27-31-35-39-43-49(54)48(47-53)52-50(55)44-40-36-32-28-24-21-19-22-26-30-34-38-42-46-57-51(56)45-41-37-33-29-25-16-14-12-10-8-6-4-2/h21,24,39,43,48-49,53-54H,3-20,22-23,25-38,40-42,44-47H2,1-2H3,(H,52,55)/b24-21-,43-39+. The van der Waals surface area contributed by atoms with E-state index in [0.29, 0.717) is 19.4 Å². The van der Waals surface area contributed by atoms with E-state index in [1.165, 1.54) is 167 Å². The second kappa shape index (κ2) is 47.0. The number of aliphatic hydroxyl groups excluding tert-OH is 2. The highest BCUT2D eigenvalue weighted by molar-refractivity contribution is 5.76. The quantitative estimate of drug-likeness (QED) is 0.0324. The van der Waals surface area contributed by atoms with Gasteiger partial charge in [0.05, 0.1) is 25.4 Å². The summed E-state index contributed by atoms with van der Waals surface area (Å²) >= 11 is 0. The lowest BCUT2D eigenvalue weighted by Gasteiger charge is -2.19. The fourth-order valence-corrected chi connectivity index (χ4v) is 7.57. The number of nitrogens with one attached hydrogen (secondary N) is 1. The molecule has 0 aromatic carbocycles. The van der Waals surface area contributed by atoms with Crippen LogP contribution in [0.4, 0.5) is 0 Å². The first kappa shape index (κ1) is 55.3. The SMILES string of the molecule is CCCCCCCCCCCCCCC/C=C/C(O)C(CO)NC(=O)CCCCC/C=C\CCCCCCCCOC(=O)CCCCCCCCCCCCCC. The Morgan fingerprint density at radius 2 is 0.825 bits per heavy atom. The Hall–Kier alpha value is -1.66. The average molecular weight is 804 g/mol. The first-order valence-electron chi connectivity index (χ1n) is 25.1. The van der Waals surface area contributed by atoms with Crippen LogP contribution in [0.5, 0.6) is 0 Å². The molecule has 6 heteroatoms. The molecular weight excluding hydrogens is 707 g/mol. The van der Waals surface area contributed by atoms with Crippen molar-refractivity contribution in [1.29, 1.82) is 0 Å². The van der Waals surface area contributed by atoms with E-state index in [9.17, 15) is 19.8 Å². The minimum atomic E-state index is -0.860. The van der Waals surface area contributed by atoms with E-state index in [1.54, 1.807) is 6.08 Å². The molecule has 0 aliphatic carbocycles. The summed E-state index contributed by atoms with van der Waals surface area (Å²) in [5.41, 5.74) is 0. The van der Waals surface area contributed by atoms with Crippen molar-refractivity contribution < 1.29 is 24.5 Å². The lowest BCUT2D eigenvalue weighted by Crippen LogP contribution is -2.45. The molecule has 0 spiro atoms. The monoisotopic (exact) mass is 804 g/mol. The van der Waals surface area contributed by atoms with E-state index >= 15 is 0 Å². The third kappa shape index (κ3) is 43.7. The summed E-state index contributed by atoms with van der Waals surface area (Å²) in [5.74, 6) is -0.111. The van der Waals surface area contributed by atoms with Gasteiger partial charge in [-0.25, -0.2) is 0 Å². The predicted octanol–water partition coefficient (Wildman–Crippen LogP) is 14.7. The average Bonchev–Trinajstić information content (AvgIpc) is 3.21. The van der Waals surface area contributed by atoms with Gasteiger partial charge in [-0.2, -0.15) is 0 Å². The van der Waals surface area contributed by atoms with Gasteiger partial charge in [-0.15, -0.1) is 0 Å². The zero-order valence-corrected chi connectivity index (χ0v) is 38.1. The van der Waals surface area contributed by atoms with Crippen molar-refractivity contribution in [1.82, 2.24) is 5.32 Å². The number of carbonyl (C=O) groups is 2. The smallest absolute Gasteiger partial charge is 0.305 e. The first-order valence-corrected chi connectivity index (χ1v) is 25.1. The summed E-state index contributed by atoms with van der Waals surface area (Å²) in [5, 5.41) is 23.0. The molecule has 0 bridgehead atoms. The summed E-state index contributed by atoms with van der Waals surface area (Å²) in [7, 11) is 0. The third-order valence-corrected chi connectivity index (χ3v) is 11.5. The number of rotatable bonds is 46. The molecule has 6 nitrogen and oxygen atoms in total. The van der Waals surface area contributed by atoms with Gasteiger partial charge in [0.2, 0.25) is 5.91 Å². The van der Waals surface area contributed by atoms with Gasteiger partial charge in [0.25, 0.3) is 0 Å². The number of aliphatic hydroxyl groups is 2. The molecule has 0 radical (unpaired) electrons. The van der Waals surface area contributed by atoms with E-state index in [0.717, 1.165) is 70.6 Å². The van der Waals surface area contributed by atoms with Crippen LogP contribution < -0.4 is 5.32 Å². The van der Waals surface area contributed by atoms with E-state index in [-0.39, 0.29) is 18.5 Å². The third-order valence-electron chi connectivity index (χ3n) is 11.5. The number of ether oxygens (including phenoxy) is 1. The van der Waals surface area contributed by atoms with E-state index < -0.39 is 12.1 Å². The van der Waals surface area contributed by atoms with Gasteiger partial charge >= 0.3 is 5.97 Å². The molecule has 3 N–H and O–H groups in total. The minimum absolute atomic E-state index is 0.0137. The zero-order chi connectivity index (χ0) is 41.5. The van der Waals surface area contributed by atoms with Gasteiger partial charge in [0, 0.05) is 12.8 Å². The van der Waals surface area contributed by atoms with Gasteiger partial charge in [0.1, 0.15) is 0 Å². The zero-order valence-electron chi connectivity index (χ0n) is 38.1. The van der Waals surface area contributed by atoms with Crippen molar-refractivity contribution >= 4 is 11.9 Å². The Labute approximate surface area is 354 Å². The lowest BCUT2D eigenvalue weighted by molar-refractivity contribution is -0.143. The maximum atomic E-state index is 12.4. The van der Waals surface area contributed by atoms with Crippen LogP contribution in [0, 0.1) is 0 Å². The maximum absolute atomic E-state index is 12.4. The van der Waals surface area contributed by atoms with Crippen molar-refractivity contribution in [2.75, 3.05) is 13.2 Å². The topological polar surface area (TPSA) is 95.9 Å². The molecular formula is C51H97NO5. The highest BCUT2D eigenvalue weighted by Gasteiger charge is 2.18. The molecule has 0 heterocycles. The molecule has 0 rings (SSSR count). The van der Waals surface area contributed by atoms with Crippen LogP contribution in [-0.4, -0.2) is 47.4 Å². The number of amides is 1. The lowest BCUT2D eigenvalue weighted by atomic mass is 10.0. The highest BCUT2D eigenvalue weighted by Crippen LogP contribution is 2.15. The Kier molecular flexibility index (Phi) is 45.7. The van der Waals surface area contributed by atoms with Crippen molar-refractivity contribution in [3.8, 4) is 0 Å². The van der Waals surface area contributed by atoms with Crippen LogP contribution in [0.2, 0.25) is 0 Å². The van der Waals surface area contributed by atoms with Crippen molar-refractivity contribution in [3.05, 3.63) is 24.3 Å². The summed E-state index contributed by atoms with van der Waals surface area (Å²) in [6, 6.07) is -0.647. The fourth-order valence-electron chi connectivity index (χ4n) is 7.57. The number of esters is 1. The number of unbranched alkanes of at least 4 members (excludes halogenated alkanes) is 33. The molecule has 1 amide bonds. The molecule has 0 fully saturated rings. The summed E-state index contributed by atoms with van der Waals surface area (Å²) < 4.78 is 5.44. The van der Waals surface area contributed by atoms with Crippen LogP contribution in [-0.2, 0) is 14.3 Å². The van der Waals surface area contributed by atoms with Crippen LogP contribution in [0.3, 0.4) is 0 Å². The molecule has 0 aromatic heterocycles. The van der Waals surface area contributed by atoms with Gasteiger partial charge in [-0.1, -0.05) is 218 Å². The normalized spacial score (nSPS) is 12.8. The van der Waals surface area contributed by atoms with Gasteiger partial charge in [-0.05, 0) is 57.8 Å². The number of carbonyl (C=O) groups excluding carboxylic acids is 2. The van der Waals surface area contributed by atoms with E-state index in [2.05, 4.69) is 31.3 Å². The van der Waals surface area contributed by atoms with Crippen LogP contribution in [0.1, 0.15) is 264 Å². The number of hydrogen-bond acceptors (Lipinski definition) is 5. The van der Waals surface area contributed by atoms with Gasteiger partial charge in [0.15, 0.2) is 0 Å². The number of hydrogen-bond donors (Lipinski definition) is 3. The molecule has 0 saturated carbocycles. The van der Waals surface area contributed by atoms with Crippen molar-refractivity contribution in [2.24, 2.45) is 0 Å². The maximum Gasteiger partial charge on any atom is 0.305 e. The molecule has 2 unspecified atom stereocenters. The van der Waals surface area contributed by atoms with E-state index in [1.807, 2.05) is 6.08 Å². The van der Waals surface area contributed by atoms with Crippen molar-refractivity contribution in [2.45, 2.75) is 276 Å². The molecule has 0 saturated heterocycles. The number of allylic oxidation sites excluding steroid dienone is 3. The fraction of sp³-hybridized carbons (Fsp3) is 0.882. The molecule has 57 heavy (non-hydrogen) atoms. The van der Waals surface area contributed by atoms with Crippen molar-refractivity contribution in [3.63, 3.8) is 0 Å².